The molecule has 0 aromatic carbocycles. The van der Waals surface area contributed by atoms with Crippen LogP contribution in [0.4, 0.5) is 0 Å². The maximum Gasteiger partial charge on any atom is 0.176 e. The average molecular weight is 329 g/mol. The summed E-state index contributed by atoms with van der Waals surface area (Å²) >= 11 is 0. The van der Waals surface area contributed by atoms with E-state index in [1.54, 1.807) is 6.92 Å². The fraction of sp³-hybridized carbons (Fsp3) is 0.857. The van der Waals surface area contributed by atoms with Crippen LogP contribution >= 0.6 is 0 Å². The van der Waals surface area contributed by atoms with E-state index in [9.17, 15) is 9.59 Å². The van der Waals surface area contributed by atoms with Gasteiger partial charge in [0.2, 0.25) is 0 Å². The molecule has 1 N–H and O–H groups in total. The molecule has 0 bridgehead atoms. The molecule has 3 nitrogen and oxygen atoms in total. The summed E-state index contributed by atoms with van der Waals surface area (Å²) in [7, 11) is 0. The minimum Gasteiger partial charge on any atom is -0.301 e. The molecule has 0 aliphatic heterocycles. The molecular formula is C21H31NO2. The second kappa shape index (κ2) is 5.25. The third kappa shape index (κ3) is 1.99. The van der Waals surface area contributed by atoms with Crippen molar-refractivity contribution in [3.05, 3.63) is 0 Å². The van der Waals surface area contributed by atoms with Gasteiger partial charge in [0, 0.05) is 18.3 Å². The Morgan fingerprint density at radius 1 is 1.00 bits per heavy atom. The Morgan fingerprint density at radius 3 is 2.42 bits per heavy atom. The van der Waals surface area contributed by atoms with Gasteiger partial charge in [0.1, 0.15) is 5.78 Å². The highest BCUT2D eigenvalue weighted by molar-refractivity contribution is 6.40. The SMILES string of the molecule is CC(=O)[C@H]1CC[C@H]2[C@@H]3CCC4C(=N)C(=O)CC[C@]4(C)[C@H]3CC[C@]12C. The standard InChI is InChI=1S/C21H31NO2/c1-12(23)14-6-7-15-13-4-5-17-19(22)18(24)9-11-21(17,3)16(13)8-10-20(14,15)2/h13-17,22H,4-11H2,1-3H3/t13-,14+,15-,16-,17?,20+,21+/m0/s1. The summed E-state index contributed by atoms with van der Waals surface area (Å²) < 4.78 is 0. The largest absolute Gasteiger partial charge is 0.301 e. The number of hydrogen-bond acceptors (Lipinski definition) is 3. The van der Waals surface area contributed by atoms with Crippen molar-refractivity contribution >= 4 is 17.3 Å². The van der Waals surface area contributed by atoms with Crippen molar-refractivity contribution in [2.45, 2.75) is 72.1 Å². The van der Waals surface area contributed by atoms with Gasteiger partial charge in [-0.3, -0.25) is 9.59 Å². The van der Waals surface area contributed by atoms with Crippen LogP contribution in [0.2, 0.25) is 0 Å². The highest BCUT2D eigenvalue weighted by Gasteiger charge is 2.61. The quantitative estimate of drug-likeness (QED) is 0.773. The van der Waals surface area contributed by atoms with Crippen LogP contribution in [-0.4, -0.2) is 17.3 Å². The highest BCUT2D eigenvalue weighted by atomic mass is 16.1. The van der Waals surface area contributed by atoms with E-state index in [4.69, 9.17) is 5.41 Å². The van der Waals surface area contributed by atoms with Gasteiger partial charge in [0.15, 0.2) is 5.78 Å². The Labute approximate surface area is 145 Å². The first kappa shape index (κ1) is 16.5. The van der Waals surface area contributed by atoms with Gasteiger partial charge in [0.05, 0.1) is 5.71 Å². The minimum absolute atomic E-state index is 0.0917. The van der Waals surface area contributed by atoms with Crippen LogP contribution in [0.3, 0.4) is 0 Å². The zero-order chi connectivity index (χ0) is 17.3. The lowest BCUT2D eigenvalue weighted by molar-refractivity contribution is -0.132. The van der Waals surface area contributed by atoms with Crippen LogP contribution < -0.4 is 0 Å². The van der Waals surface area contributed by atoms with E-state index in [0.29, 0.717) is 35.7 Å². The predicted molar refractivity (Wildman–Crippen MR) is 94.0 cm³/mol. The number of ketones is 2. The Bertz CT molecular complexity index is 611. The summed E-state index contributed by atoms with van der Waals surface area (Å²) in [5, 5.41) is 8.33. The Balaban J connectivity index is 1.65. The normalized spacial score (nSPS) is 50.9. The van der Waals surface area contributed by atoms with Crippen molar-refractivity contribution in [2.75, 3.05) is 0 Å². The molecule has 24 heavy (non-hydrogen) atoms. The molecule has 0 aromatic heterocycles. The van der Waals surface area contributed by atoms with Crippen LogP contribution in [0.15, 0.2) is 0 Å². The van der Waals surface area contributed by atoms with Crippen LogP contribution in [-0.2, 0) is 9.59 Å². The van der Waals surface area contributed by atoms with Crippen molar-refractivity contribution in [3.8, 4) is 0 Å². The lowest BCUT2D eigenvalue weighted by Crippen LogP contribution is -2.56. The van der Waals surface area contributed by atoms with E-state index in [2.05, 4.69) is 13.8 Å². The van der Waals surface area contributed by atoms with Crippen LogP contribution in [0.5, 0.6) is 0 Å². The summed E-state index contributed by atoms with van der Waals surface area (Å²) in [6.45, 7) is 6.54. The molecule has 3 heteroatoms. The third-order valence-electron chi connectivity index (χ3n) is 8.90. The molecule has 1 unspecified atom stereocenters. The molecule has 0 saturated heterocycles. The number of fused-ring (bicyclic) bond motifs is 5. The Hall–Kier alpha value is -0.990. The molecule has 4 rings (SSSR count). The van der Waals surface area contributed by atoms with Crippen molar-refractivity contribution in [1.29, 1.82) is 5.41 Å². The van der Waals surface area contributed by atoms with Crippen molar-refractivity contribution in [2.24, 2.45) is 40.4 Å². The monoisotopic (exact) mass is 329 g/mol. The van der Waals surface area contributed by atoms with Gasteiger partial charge < -0.3 is 5.41 Å². The van der Waals surface area contributed by atoms with E-state index < -0.39 is 0 Å². The minimum atomic E-state index is 0.0917. The molecule has 7 atom stereocenters. The Kier molecular flexibility index (Phi) is 3.61. The van der Waals surface area contributed by atoms with E-state index in [0.717, 1.165) is 32.1 Å². The third-order valence-corrected chi connectivity index (χ3v) is 8.90. The number of hydrogen-bond donors (Lipinski definition) is 1. The fourth-order valence-electron chi connectivity index (χ4n) is 7.67. The molecule has 4 aliphatic carbocycles. The van der Waals surface area contributed by atoms with Crippen LogP contribution in [0, 0.1) is 45.8 Å². The smallest absolute Gasteiger partial charge is 0.176 e. The second-order valence-corrected chi connectivity index (χ2v) is 9.63. The van der Waals surface area contributed by atoms with Gasteiger partial charge in [-0.25, -0.2) is 0 Å². The summed E-state index contributed by atoms with van der Waals surface area (Å²) in [6.07, 6.45) is 8.35. The number of Topliss-reactive ketones (excluding diaryl/α,β-unsaturated/α-hetero) is 2. The number of rotatable bonds is 1. The molecule has 0 amide bonds. The van der Waals surface area contributed by atoms with Crippen LogP contribution in [0.1, 0.15) is 72.1 Å². The van der Waals surface area contributed by atoms with Gasteiger partial charge in [-0.05, 0) is 80.5 Å². The van der Waals surface area contributed by atoms with E-state index in [1.807, 2.05) is 0 Å². The first-order chi connectivity index (χ1) is 11.3. The molecule has 0 heterocycles. The highest BCUT2D eigenvalue weighted by Crippen LogP contribution is 2.66. The van der Waals surface area contributed by atoms with Gasteiger partial charge in [-0.1, -0.05) is 13.8 Å². The first-order valence-electron chi connectivity index (χ1n) is 9.91. The summed E-state index contributed by atoms with van der Waals surface area (Å²) in [5.41, 5.74) is 0.765. The van der Waals surface area contributed by atoms with Gasteiger partial charge in [-0.15, -0.1) is 0 Å². The summed E-state index contributed by atoms with van der Waals surface area (Å²) in [4.78, 5) is 24.2. The maximum absolute atomic E-state index is 12.2. The zero-order valence-corrected chi connectivity index (χ0v) is 15.4. The lowest BCUT2D eigenvalue weighted by Gasteiger charge is -2.60. The van der Waals surface area contributed by atoms with Crippen molar-refractivity contribution in [1.82, 2.24) is 0 Å². The molecule has 4 aliphatic rings. The Morgan fingerprint density at radius 2 is 1.71 bits per heavy atom. The maximum atomic E-state index is 12.2. The van der Waals surface area contributed by atoms with Crippen molar-refractivity contribution in [3.63, 3.8) is 0 Å². The molecule has 0 radical (unpaired) electrons. The van der Waals surface area contributed by atoms with E-state index in [1.165, 1.54) is 12.8 Å². The second-order valence-electron chi connectivity index (χ2n) is 9.63. The molecule has 4 fully saturated rings. The summed E-state index contributed by atoms with van der Waals surface area (Å²) in [6, 6.07) is 0. The molecule has 0 spiro atoms. The molecule has 132 valence electrons. The number of carbonyl (C=O) groups excluding carboxylic acids is 2. The van der Waals surface area contributed by atoms with Crippen molar-refractivity contribution < 1.29 is 9.59 Å². The lowest BCUT2D eigenvalue weighted by atomic mass is 9.44. The van der Waals surface area contributed by atoms with E-state index >= 15 is 0 Å². The van der Waals surface area contributed by atoms with Crippen LogP contribution in [0.25, 0.3) is 0 Å². The van der Waals surface area contributed by atoms with Gasteiger partial charge in [0.25, 0.3) is 0 Å². The summed E-state index contributed by atoms with van der Waals surface area (Å²) in [5.74, 6) is 2.96. The van der Waals surface area contributed by atoms with E-state index in [-0.39, 0.29) is 28.4 Å². The number of carbonyl (C=O) groups is 2. The average Bonchev–Trinajstić information content (AvgIpc) is 2.89. The molecular weight excluding hydrogens is 298 g/mol. The number of nitrogens with one attached hydrogen (secondary N) is 1. The predicted octanol–water partition coefficient (Wildman–Crippen LogP) is 4.43. The van der Waals surface area contributed by atoms with Gasteiger partial charge in [-0.2, -0.15) is 0 Å². The molecule has 4 saturated carbocycles. The first-order valence-corrected chi connectivity index (χ1v) is 9.91. The fourth-order valence-corrected chi connectivity index (χ4v) is 7.67. The topological polar surface area (TPSA) is 58.0 Å². The molecule has 0 aromatic rings. The zero-order valence-electron chi connectivity index (χ0n) is 15.4. The van der Waals surface area contributed by atoms with Gasteiger partial charge >= 0.3 is 0 Å².